The molecule has 0 amide bonds. The average Bonchev–Trinajstić information content (AvgIpc) is 3.13. The summed E-state index contributed by atoms with van der Waals surface area (Å²) in [6.07, 6.45) is 8.75. The monoisotopic (exact) mass is 425 g/mol. The molecule has 4 rings (SSSR count). The van der Waals surface area contributed by atoms with Crippen LogP contribution in [0.4, 0.5) is 11.8 Å². The van der Waals surface area contributed by atoms with E-state index in [4.69, 9.17) is 15.7 Å². The van der Waals surface area contributed by atoms with Gasteiger partial charge in [0.2, 0.25) is 5.95 Å². The maximum atomic E-state index is 9.43. The lowest BCUT2D eigenvalue weighted by atomic mass is 10.1. The Morgan fingerprint density at radius 2 is 2.16 bits per heavy atom. The summed E-state index contributed by atoms with van der Waals surface area (Å²) in [4.78, 5) is 16.3. The Morgan fingerprint density at radius 1 is 1.32 bits per heavy atom. The first-order valence-electron chi connectivity index (χ1n) is 10.7. The fraction of sp³-hybridized carbons (Fsp3) is 0.476. The summed E-state index contributed by atoms with van der Waals surface area (Å²) in [6.45, 7) is 9.82. The van der Waals surface area contributed by atoms with Gasteiger partial charge in [-0.1, -0.05) is 6.58 Å². The van der Waals surface area contributed by atoms with Gasteiger partial charge in [0, 0.05) is 36.6 Å². The first kappa shape index (κ1) is 21.1. The second-order valence-electron chi connectivity index (χ2n) is 8.20. The van der Waals surface area contributed by atoms with Crippen LogP contribution in [0.15, 0.2) is 42.3 Å². The standard InChI is InChI=1S/C21H31N9O/c1-13(2)30-12-23-18-19(25-15-10-14(3)24-16(22)11-15)27-21(28-20(18)30)26-17-6-4-5-7-29(17)8-9-31/h10-13,17,24,31H,3-9,22H2,1-2H3,(H2,25,26,27,28)/t17-/m1/s1. The van der Waals surface area contributed by atoms with Gasteiger partial charge < -0.3 is 31.4 Å². The van der Waals surface area contributed by atoms with E-state index in [-0.39, 0.29) is 18.8 Å². The highest BCUT2D eigenvalue weighted by Gasteiger charge is 2.24. The normalized spacial score (nSPS) is 19.9. The van der Waals surface area contributed by atoms with Crippen molar-refractivity contribution in [3.8, 4) is 0 Å². The minimum absolute atomic E-state index is 0.0787. The number of dihydropyridines is 1. The molecule has 4 heterocycles. The second-order valence-corrected chi connectivity index (χ2v) is 8.20. The summed E-state index contributed by atoms with van der Waals surface area (Å²) in [5.74, 6) is 1.63. The number of aromatic nitrogens is 4. The molecule has 0 spiro atoms. The zero-order valence-corrected chi connectivity index (χ0v) is 18.1. The Balaban J connectivity index is 1.70. The number of imidazole rings is 1. The molecule has 1 atom stereocenters. The number of hydrogen-bond donors (Lipinski definition) is 5. The number of nitrogens with zero attached hydrogens (tertiary/aromatic N) is 5. The number of aliphatic hydroxyl groups excluding tert-OH is 1. The van der Waals surface area contributed by atoms with Gasteiger partial charge >= 0.3 is 0 Å². The number of fused-ring (bicyclic) bond motifs is 1. The van der Waals surface area contributed by atoms with Crippen molar-refractivity contribution in [1.29, 1.82) is 0 Å². The van der Waals surface area contributed by atoms with E-state index in [1.165, 1.54) is 0 Å². The average molecular weight is 426 g/mol. The van der Waals surface area contributed by atoms with Gasteiger partial charge in [-0.05, 0) is 39.2 Å². The summed E-state index contributed by atoms with van der Waals surface area (Å²) in [5, 5.41) is 19.2. The van der Waals surface area contributed by atoms with Crippen LogP contribution >= 0.6 is 0 Å². The van der Waals surface area contributed by atoms with Crippen molar-refractivity contribution in [2.45, 2.75) is 45.3 Å². The first-order chi connectivity index (χ1) is 14.9. The molecule has 2 aromatic heterocycles. The molecule has 1 fully saturated rings. The zero-order valence-electron chi connectivity index (χ0n) is 18.1. The van der Waals surface area contributed by atoms with Crippen LogP contribution in [-0.4, -0.2) is 55.4 Å². The van der Waals surface area contributed by atoms with Gasteiger partial charge in [-0.15, -0.1) is 0 Å². The van der Waals surface area contributed by atoms with Gasteiger partial charge in [0.15, 0.2) is 17.0 Å². The third-order valence-corrected chi connectivity index (χ3v) is 5.48. The highest BCUT2D eigenvalue weighted by molar-refractivity contribution is 5.85. The second kappa shape index (κ2) is 8.94. The SMILES string of the molecule is C=C1C=C(Nc2nc(N[C@H]3CCCCN3CCO)nc3c2ncn3C(C)C)C=C(N)N1. The van der Waals surface area contributed by atoms with Crippen molar-refractivity contribution in [3.63, 3.8) is 0 Å². The molecule has 10 nitrogen and oxygen atoms in total. The Bertz CT molecular complexity index is 1020. The Labute approximate surface area is 181 Å². The molecular weight excluding hydrogens is 394 g/mol. The number of anilines is 2. The van der Waals surface area contributed by atoms with Crippen LogP contribution in [0.25, 0.3) is 11.2 Å². The van der Waals surface area contributed by atoms with Gasteiger partial charge in [0.1, 0.15) is 5.82 Å². The molecular formula is C21H31N9O. The summed E-state index contributed by atoms with van der Waals surface area (Å²) in [5.41, 5.74) is 8.85. The third kappa shape index (κ3) is 4.64. The molecule has 0 aliphatic carbocycles. The van der Waals surface area contributed by atoms with Gasteiger partial charge in [0.05, 0.1) is 19.1 Å². The molecule has 6 N–H and O–H groups in total. The number of β-amino-alcohol motifs (C(OH)–C–C–N with tert-alkyl or cyclic N) is 1. The lowest BCUT2D eigenvalue weighted by Gasteiger charge is -2.35. The van der Waals surface area contributed by atoms with Crippen molar-refractivity contribution in [1.82, 2.24) is 29.7 Å². The van der Waals surface area contributed by atoms with E-state index in [2.05, 4.69) is 46.3 Å². The molecule has 0 radical (unpaired) electrons. The van der Waals surface area contributed by atoms with E-state index in [1.54, 1.807) is 12.4 Å². The first-order valence-corrected chi connectivity index (χ1v) is 10.7. The molecule has 10 heteroatoms. The summed E-state index contributed by atoms with van der Waals surface area (Å²) in [6, 6.07) is 0.203. The van der Waals surface area contributed by atoms with E-state index in [0.29, 0.717) is 35.3 Å². The number of nitrogens with two attached hydrogens (primary N) is 1. The van der Waals surface area contributed by atoms with E-state index in [1.807, 2.05) is 10.6 Å². The summed E-state index contributed by atoms with van der Waals surface area (Å²) in [7, 11) is 0. The van der Waals surface area contributed by atoms with Gasteiger partial charge in [-0.2, -0.15) is 9.97 Å². The summed E-state index contributed by atoms with van der Waals surface area (Å²) < 4.78 is 2.03. The Hall–Kier alpha value is -3.11. The fourth-order valence-corrected chi connectivity index (χ4v) is 4.01. The van der Waals surface area contributed by atoms with E-state index in [0.717, 1.165) is 37.2 Å². The molecule has 1 saturated heterocycles. The summed E-state index contributed by atoms with van der Waals surface area (Å²) >= 11 is 0. The molecule has 166 valence electrons. The number of nitrogens with one attached hydrogen (secondary N) is 3. The molecule has 2 aromatic rings. The molecule has 0 aromatic carbocycles. The maximum absolute atomic E-state index is 9.43. The number of likely N-dealkylation sites (tertiary alicyclic amines) is 1. The minimum Gasteiger partial charge on any atom is -0.395 e. The van der Waals surface area contributed by atoms with Crippen LogP contribution in [0.2, 0.25) is 0 Å². The van der Waals surface area contributed by atoms with Crippen LogP contribution in [-0.2, 0) is 0 Å². The highest BCUT2D eigenvalue weighted by Crippen LogP contribution is 2.26. The van der Waals surface area contributed by atoms with E-state index < -0.39 is 0 Å². The van der Waals surface area contributed by atoms with Crippen LogP contribution < -0.4 is 21.7 Å². The van der Waals surface area contributed by atoms with E-state index in [9.17, 15) is 5.11 Å². The largest absolute Gasteiger partial charge is 0.395 e. The number of aliphatic hydroxyl groups is 1. The van der Waals surface area contributed by atoms with Crippen LogP contribution in [0, 0.1) is 0 Å². The Morgan fingerprint density at radius 3 is 2.90 bits per heavy atom. The van der Waals surface area contributed by atoms with Gasteiger partial charge in [-0.3, -0.25) is 4.90 Å². The molecule has 0 bridgehead atoms. The Kier molecular flexibility index (Phi) is 6.10. The lowest BCUT2D eigenvalue weighted by Crippen LogP contribution is -2.46. The molecule has 0 saturated carbocycles. The predicted molar refractivity (Wildman–Crippen MR) is 122 cm³/mol. The third-order valence-electron chi connectivity index (χ3n) is 5.48. The highest BCUT2D eigenvalue weighted by atomic mass is 16.3. The molecule has 0 unspecified atom stereocenters. The van der Waals surface area contributed by atoms with E-state index >= 15 is 0 Å². The van der Waals surface area contributed by atoms with Crippen molar-refractivity contribution in [3.05, 3.63) is 42.3 Å². The van der Waals surface area contributed by atoms with Crippen LogP contribution in [0.1, 0.15) is 39.2 Å². The number of hydrogen-bond acceptors (Lipinski definition) is 9. The van der Waals surface area contributed by atoms with Crippen molar-refractivity contribution in [2.75, 3.05) is 30.3 Å². The van der Waals surface area contributed by atoms with Crippen molar-refractivity contribution >= 4 is 22.9 Å². The molecule has 2 aliphatic heterocycles. The molecule has 2 aliphatic rings. The quantitative estimate of drug-likeness (QED) is 0.451. The molecule has 31 heavy (non-hydrogen) atoms. The number of rotatable bonds is 7. The van der Waals surface area contributed by atoms with Gasteiger partial charge in [0.25, 0.3) is 0 Å². The predicted octanol–water partition coefficient (Wildman–Crippen LogP) is 1.84. The number of piperidine rings is 1. The topological polar surface area (TPSA) is 129 Å². The fourth-order valence-electron chi connectivity index (χ4n) is 4.01. The minimum atomic E-state index is 0.0787. The number of allylic oxidation sites excluding steroid dienone is 2. The van der Waals surface area contributed by atoms with Gasteiger partial charge in [-0.25, -0.2) is 4.98 Å². The van der Waals surface area contributed by atoms with Crippen LogP contribution in [0.3, 0.4) is 0 Å². The maximum Gasteiger partial charge on any atom is 0.228 e. The van der Waals surface area contributed by atoms with Crippen molar-refractivity contribution < 1.29 is 5.11 Å². The smallest absolute Gasteiger partial charge is 0.228 e. The lowest BCUT2D eigenvalue weighted by molar-refractivity contribution is 0.130. The van der Waals surface area contributed by atoms with Crippen LogP contribution in [0.5, 0.6) is 0 Å². The zero-order chi connectivity index (χ0) is 22.0. The van der Waals surface area contributed by atoms with Crippen molar-refractivity contribution in [2.24, 2.45) is 5.73 Å².